The van der Waals surface area contributed by atoms with Gasteiger partial charge in [0.15, 0.2) is 0 Å². The third-order valence-electron chi connectivity index (χ3n) is 2.03. The van der Waals surface area contributed by atoms with Gasteiger partial charge < -0.3 is 4.90 Å². The summed E-state index contributed by atoms with van der Waals surface area (Å²) < 4.78 is 0. The predicted octanol–water partition coefficient (Wildman–Crippen LogP) is 2.71. The fraction of sp³-hybridized carbons (Fsp3) is 0.636. The van der Waals surface area contributed by atoms with Crippen molar-refractivity contribution < 1.29 is 0 Å². The molecular formula is C11H21N. The van der Waals surface area contributed by atoms with Gasteiger partial charge in [0, 0.05) is 6.54 Å². The van der Waals surface area contributed by atoms with Crippen molar-refractivity contribution in [1.29, 1.82) is 0 Å². The third kappa shape index (κ3) is 5.14. The molecule has 12 heavy (non-hydrogen) atoms. The first-order valence-electron chi connectivity index (χ1n) is 4.61. The minimum Gasteiger partial charge on any atom is -0.303 e. The number of nitrogens with zero attached hydrogens (tertiary/aromatic N) is 1. The molecule has 70 valence electrons. The van der Waals surface area contributed by atoms with Crippen LogP contribution in [0.2, 0.25) is 0 Å². The molecule has 0 heterocycles. The Morgan fingerprint density at radius 1 is 1.50 bits per heavy atom. The first kappa shape index (κ1) is 11.4. The third-order valence-corrected chi connectivity index (χ3v) is 2.03. The zero-order valence-corrected chi connectivity index (χ0v) is 8.80. The van der Waals surface area contributed by atoms with E-state index in [0.29, 0.717) is 5.92 Å². The second-order valence-corrected chi connectivity index (χ2v) is 3.49. The summed E-state index contributed by atoms with van der Waals surface area (Å²) in [6, 6.07) is 0. The van der Waals surface area contributed by atoms with E-state index >= 15 is 0 Å². The van der Waals surface area contributed by atoms with Gasteiger partial charge in [0.1, 0.15) is 0 Å². The average Bonchev–Trinajstić information content (AvgIpc) is 2.03. The quantitative estimate of drug-likeness (QED) is 0.569. The predicted molar refractivity (Wildman–Crippen MR) is 56.3 cm³/mol. The number of rotatable bonds is 5. The monoisotopic (exact) mass is 167 g/mol. The van der Waals surface area contributed by atoms with Crippen molar-refractivity contribution in [3.8, 4) is 0 Å². The van der Waals surface area contributed by atoms with Gasteiger partial charge in [0.25, 0.3) is 0 Å². The van der Waals surface area contributed by atoms with E-state index in [-0.39, 0.29) is 0 Å². The van der Waals surface area contributed by atoms with Crippen LogP contribution < -0.4 is 0 Å². The lowest BCUT2D eigenvalue weighted by molar-refractivity contribution is 0.392. The molecule has 0 aromatic carbocycles. The lowest BCUT2D eigenvalue weighted by atomic mass is 10.1. The van der Waals surface area contributed by atoms with Crippen molar-refractivity contribution in [1.82, 2.24) is 4.90 Å². The van der Waals surface area contributed by atoms with Crippen molar-refractivity contribution in [2.75, 3.05) is 20.1 Å². The lowest BCUT2D eigenvalue weighted by Crippen LogP contribution is -2.16. The SMILES string of the molecule is C=C(/C=C/CN(C)CC)C(C)C. The molecule has 0 rings (SSSR count). The van der Waals surface area contributed by atoms with E-state index in [2.05, 4.69) is 51.4 Å². The Morgan fingerprint density at radius 2 is 2.08 bits per heavy atom. The molecule has 0 bridgehead atoms. The Bertz CT molecular complexity index is 156. The van der Waals surface area contributed by atoms with Crippen LogP contribution in [0.15, 0.2) is 24.3 Å². The normalized spacial score (nSPS) is 11.8. The molecule has 0 fully saturated rings. The van der Waals surface area contributed by atoms with Crippen molar-refractivity contribution >= 4 is 0 Å². The number of hydrogen-bond donors (Lipinski definition) is 0. The molecular weight excluding hydrogens is 146 g/mol. The summed E-state index contributed by atoms with van der Waals surface area (Å²) >= 11 is 0. The molecule has 0 unspecified atom stereocenters. The smallest absolute Gasteiger partial charge is 0.0163 e. The highest BCUT2D eigenvalue weighted by Crippen LogP contribution is 2.07. The topological polar surface area (TPSA) is 3.24 Å². The summed E-state index contributed by atoms with van der Waals surface area (Å²) in [5, 5.41) is 0. The van der Waals surface area contributed by atoms with E-state index in [9.17, 15) is 0 Å². The van der Waals surface area contributed by atoms with Gasteiger partial charge in [-0.25, -0.2) is 0 Å². The molecule has 0 aliphatic carbocycles. The van der Waals surface area contributed by atoms with Crippen LogP contribution in [0.5, 0.6) is 0 Å². The van der Waals surface area contributed by atoms with Crippen LogP contribution in [-0.2, 0) is 0 Å². The maximum absolute atomic E-state index is 3.97. The van der Waals surface area contributed by atoms with Crippen molar-refractivity contribution in [2.24, 2.45) is 5.92 Å². The van der Waals surface area contributed by atoms with Gasteiger partial charge in [0.2, 0.25) is 0 Å². The summed E-state index contributed by atoms with van der Waals surface area (Å²) in [4.78, 5) is 2.25. The van der Waals surface area contributed by atoms with E-state index in [1.54, 1.807) is 0 Å². The lowest BCUT2D eigenvalue weighted by Gasteiger charge is -2.10. The molecule has 0 atom stereocenters. The minimum atomic E-state index is 0.563. The van der Waals surface area contributed by atoms with Gasteiger partial charge >= 0.3 is 0 Å². The Morgan fingerprint density at radius 3 is 2.50 bits per heavy atom. The average molecular weight is 167 g/mol. The highest BCUT2D eigenvalue weighted by molar-refractivity contribution is 5.16. The van der Waals surface area contributed by atoms with Gasteiger partial charge in [0.05, 0.1) is 0 Å². The van der Waals surface area contributed by atoms with E-state index < -0.39 is 0 Å². The molecule has 0 saturated carbocycles. The molecule has 1 heteroatoms. The number of allylic oxidation sites excluding steroid dienone is 2. The summed E-state index contributed by atoms with van der Waals surface area (Å²) in [7, 11) is 2.11. The van der Waals surface area contributed by atoms with Crippen LogP contribution in [0, 0.1) is 5.92 Å². The van der Waals surface area contributed by atoms with Gasteiger partial charge in [-0.1, -0.05) is 45.1 Å². The molecule has 0 aromatic rings. The summed E-state index contributed by atoms with van der Waals surface area (Å²) in [6.07, 6.45) is 4.29. The highest BCUT2D eigenvalue weighted by atomic mass is 15.1. The van der Waals surface area contributed by atoms with Gasteiger partial charge in [-0.3, -0.25) is 0 Å². The van der Waals surface area contributed by atoms with E-state index in [4.69, 9.17) is 0 Å². The van der Waals surface area contributed by atoms with Crippen LogP contribution in [0.1, 0.15) is 20.8 Å². The Balaban J connectivity index is 3.69. The molecule has 0 radical (unpaired) electrons. The van der Waals surface area contributed by atoms with Crippen LogP contribution in [0.3, 0.4) is 0 Å². The molecule has 1 nitrogen and oxygen atoms in total. The summed E-state index contributed by atoms with van der Waals surface area (Å²) in [6.45, 7) is 12.6. The Labute approximate surface area is 76.8 Å². The van der Waals surface area contributed by atoms with Gasteiger partial charge in [-0.2, -0.15) is 0 Å². The van der Waals surface area contributed by atoms with Gasteiger partial charge in [-0.05, 0) is 19.5 Å². The van der Waals surface area contributed by atoms with Crippen molar-refractivity contribution in [2.45, 2.75) is 20.8 Å². The summed E-state index contributed by atoms with van der Waals surface area (Å²) in [5.74, 6) is 0.563. The van der Waals surface area contributed by atoms with Crippen molar-refractivity contribution in [3.63, 3.8) is 0 Å². The Kier molecular flexibility index (Phi) is 5.73. The zero-order valence-electron chi connectivity index (χ0n) is 8.80. The molecule has 0 N–H and O–H groups in total. The largest absolute Gasteiger partial charge is 0.303 e. The number of likely N-dealkylation sites (N-methyl/N-ethyl adjacent to an activating group) is 1. The van der Waals surface area contributed by atoms with Crippen LogP contribution in [0.25, 0.3) is 0 Å². The highest BCUT2D eigenvalue weighted by Gasteiger charge is 1.94. The molecule has 0 aliphatic rings. The van der Waals surface area contributed by atoms with Gasteiger partial charge in [-0.15, -0.1) is 0 Å². The molecule has 0 saturated heterocycles. The van der Waals surface area contributed by atoms with E-state index in [1.165, 1.54) is 5.57 Å². The van der Waals surface area contributed by atoms with Crippen LogP contribution >= 0.6 is 0 Å². The van der Waals surface area contributed by atoms with Crippen LogP contribution in [0.4, 0.5) is 0 Å². The maximum atomic E-state index is 3.97. The summed E-state index contributed by atoms with van der Waals surface area (Å²) in [5.41, 5.74) is 1.21. The second kappa shape index (κ2) is 6.01. The fourth-order valence-electron chi connectivity index (χ4n) is 0.706. The zero-order chi connectivity index (χ0) is 9.56. The van der Waals surface area contributed by atoms with Crippen molar-refractivity contribution in [3.05, 3.63) is 24.3 Å². The first-order chi connectivity index (χ1) is 5.57. The van der Waals surface area contributed by atoms with Crippen LogP contribution in [-0.4, -0.2) is 25.0 Å². The standard InChI is InChI=1S/C11H21N/c1-6-12(5)9-7-8-11(4)10(2)3/h7-8,10H,4,6,9H2,1-3,5H3/b8-7+. The Hall–Kier alpha value is -0.560. The van der Waals surface area contributed by atoms with E-state index in [0.717, 1.165) is 13.1 Å². The maximum Gasteiger partial charge on any atom is 0.0163 e. The first-order valence-corrected chi connectivity index (χ1v) is 4.61. The number of hydrogen-bond acceptors (Lipinski definition) is 1. The minimum absolute atomic E-state index is 0.563. The van der Waals surface area contributed by atoms with E-state index in [1.807, 2.05) is 0 Å². The molecule has 0 spiro atoms. The second-order valence-electron chi connectivity index (χ2n) is 3.49. The fourth-order valence-corrected chi connectivity index (χ4v) is 0.706. The molecule has 0 aromatic heterocycles. The molecule has 0 aliphatic heterocycles. The molecule has 0 amide bonds.